The summed E-state index contributed by atoms with van der Waals surface area (Å²) in [6.45, 7) is 3.58. The van der Waals surface area contributed by atoms with Crippen LogP contribution in [-0.2, 0) is 13.1 Å². The maximum Gasteiger partial charge on any atom is 0.200 e. The van der Waals surface area contributed by atoms with Crippen LogP contribution < -0.4 is 24.4 Å². The highest BCUT2D eigenvalue weighted by atomic mass is 16.5. The molecule has 7 heteroatoms. The van der Waals surface area contributed by atoms with Gasteiger partial charge in [-0.2, -0.15) is 0 Å². The van der Waals surface area contributed by atoms with Gasteiger partial charge in [-0.05, 0) is 54.4 Å². The smallest absolute Gasteiger partial charge is 0.200 e. The largest absolute Gasteiger partial charge is 0.497 e. The number of ether oxygens (including phenoxy) is 4. The quantitative estimate of drug-likeness (QED) is 0.384. The lowest BCUT2D eigenvalue weighted by Crippen LogP contribution is -2.31. The first-order valence-corrected chi connectivity index (χ1v) is 11.3. The summed E-state index contributed by atoms with van der Waals surface area (Å²) in [6.07, 6.45) is 0. The molecular weight excluding hydrogens is 446 g/mol. The van der Waals surface area contributed by atoms with Crippen molar-refractivity contribution in [3.8, 4) is 34.1 Å². The highest BCUT2D eigenvalue weighted by Crippen LogP contribution is 2.36. The summed E-state index contributed by atoms with van der Waals surface area (Å²) < 4.78 is 28.3. The van der Waals surface area contributed by atoms with Gasteiger partial charge in [-0.1, -0.05) is 18.2 Å². The molecule has 1 aromatic heterocycles. The van der Waals surface area contributed by atoms with Crippen LogP contribution in [0.5, 0.6) is 23.0 Å². The Morgan fingerprint density at radius 2 is 1.69 bits per heavy atom. The van der Waals surface area contributed by atoms with E-state index in [0.29, 0.717) is 59.2 Å². The Balaban J connectivity index is 1.52. The number of rotatable bonds is 6. The van der Waals surface area contributed by atoms with Crippen molar-refractivity contribution in [1.82, 2.24) is 4.90 Å². The van der Waals surface area contributed by atoms with Crippen LogP contribution in [0.2, 0.25) is 0 Å². The molecule has 0 unspecified atom stereocenters. The Hall–Kier alpha value is -3.97. The van der Waals surface area contributed by atoms with E-state index in [0.717, 1.165) is 22.6 Å². The molecule has 5 rings (SSSR count). The molecule has 0 aliphatic carbocycles. The molecule has 4 aromatic rings. The van der Waals surface area contributed by atoms with Crippen LogP contribution >= 0.6 is 0 Å². The Labute approximate surface area is 203 Å². The standard InChI is InChI=1S/C28H27NO6/c1-17-26(19-7-11-24(32-3)25(13-19)33-4)27(30)21-10-12-23-22(28(21)35-17)15-29(16-34-23)14-18-5-8-20(31-2)9-6-18/h5-13H,14-16H2,1-4H3. The zero-order chi connectivity index (χ0) is 24.5. The molecule has 0 N–H and O–H groups in total. The summed E-state index contributed by atoms with van der Waals surface area (Å²) in [6, 6.07) is 17.0. The predicted octanol–water partition coefficient (Wildman–Crippen LogP) is 5.15. The van der Waals surface area contributed by atoms with Gasteiger partial charge >= 0.3 is 0 Å². The van der Waals surface area contributed by atoms with Gasteiger partial charge in [0.15, 0.2) is 11.5 Å². The van der Waals surface area contributed by atoms with Gasteiger partial charge < -0.3 is 23.4 Å². The minimum atomic E-state index is -0.0916. The van der Waals surface area contributed by atoms with Gasteiger partial charge in [0.1, 0.15) is 29.6 Å². The lowest BCUT2D eigenvalue weighted by atomic mass is 10.00. The fraction of sp³-hybridized carbons (Fsp3) is 0.250. The van der Waals surface area contributed by atoms with Crippen LogP contribution in [0.25, 0.3) is 22.1 Å². The molecule has 1 aliphatic heterocycles. The third-order valence-electron chi connectivity index (χ3n) is 6.32. The van der Waals surface area contributed by atoms with Gasteiger partial charge in [-0.15, -0.1) is 0 Å². The molecule has 0 spiro atoms. The topological polar surface area (TPSA) is 70.4 Å². The number of hydrogen-bond donors (Lipinski definition) is 0. The molecule has 0 saturated carbocycles. The molecule has 2 heterocycles. The van der Waals surface area contributed by atoms with E-state index in [-0.39, 0.29) is 5.43 Å². The van der Waals surface area contributed by atoms with Gasteiger partial charge in [-0.3, -0.25) is 9.69 Å². The van der Waals surface area contributed by atoms with Crippen LogP contribution in [-0.4, -0.2) is 33.0 Å². The highest BCUT2D eigenvalue weighted by Gasteiger charge is 2.24. The van der Waals surface area contributed by atoms with Crippen LogP contribution in [0.1, 0.15) is 16.9 Å². The van der Waals surface area contributed by atoms with E-state index in [9.17, 15) is 4.79 Å². The molecule has 0 fully saturated rings. The minimum absolute atomic E-state index is 0.0916. The second-order valence-electron chi connectivity index (χ2n) is 8.46. The molecule has 3 aromatic carbocycles. The Kier molecular flexibility index (Phi) is 6.09. The van der Waals surface area contributed by atoms with Crippen LogP contribution in [0.3, 0.4) is 0 Å². The van der Waals surface area contributed by atoms with Crippen molar-refractivity contribution in [3.63, 3.8) is 0 Å². The normalized spacial score (nSPS) is 13.3. The van der Waals surface area contributed by atoms with Crippen LogP contribution in [0.4, 0.5) is 0 Å². The average Bonchev–Trinajstić information content (AvgIpc) is 2.89. The Morgan fingerprint density at radius 1 is 0.914 bits per heavy atom. The second-order valence-corrected chi connectivity index (χ2v) is 8.46. The molecule has 35 heavy (non-hydrogen) atoms. The zero-order valence-corrected chi connectivity index (χ0v) is 20.2. The van der Waals surface area contributed by atoms with Gasteiger partial charge in [0.2, 0.25) is 5.43 Å². The van der Waals surface area contributed by atoms with Gasteiger partial charge in [0, 0.05) is 13.1 Å². The van der Waals surface area contributed by atoms with Crippen LogP contribution in [0.15, 0.2) is 63.8 Å². The van der Waals surface area contributed by atoms with Crippen molar-refractivity contribution in [2.45, 2.75) is 20.0 Å². The molecular formula is C28H27NO6. The summed E-state index contributed by atoms with van der Waals surface area (Å²) in [5.74, 6) is 3.25. The second kappa shape index (κ2) is 9.35. The summed E-state index contributed by atoms with van der Waals surface area (Å²) in [4.78, 5) is 15.8. The average molecular weight is 474 g/mol. The van der Waals surface area contributed by atoms with Gasteiger partial charge in [0.25, 0.3) is 0 Å². The summed E-state index contributed by atoms with van der Waals surface area (Å²) in [7, 11) is 4.81. The molecule has 0 radical (unpaired) electrons. The molecule has 0 atom stereocenters. The van der Waals surface area contributed by atoms with Crippen molar-refractivity contribution >= 4 is 11.0 Å². The third-order valence-corrected chi connectivity index (χ3v) is 6.32. The van der Waals surface area contributed by atoms with Gasteiger partial charge in [-0.25, -0.2) is 0 Å². The predicted molar refractivity (Wildman–Crippen MR) is 133 cm³/mol. The molecule has 1 aliphatic rings. The molecule has 7 nitrogen and oxygen atoms in total. The van der Waals surface area contributed by atoms with E-state index in [1.165, 1.54) is 0 Å². The maximum absolute atomic E-state index is 13.6. The molecule has 180 valence electrons. The van der Waals surface area contributed by atoms with Crippen LogP contribution in [0, 0.1) is 6.92 Å². The van der Waals surface area contributed by atoms with Crippen molar-refractivity contribution in [3.05, 3.63) is 81.7 Å². The summed E-state index contributed by atoms with van der Waals surface area (Å²) in [5, 5.41) is 0.522. The number of nitrogens with zero attached hydrogens (tertiary/aromatic N) is 1. The first-order valence-electron chi connectivity index (χ1n) is 11.3. The first-order chi connectivity index (χ1) is 17.0. The van der Waals surface area contributed by atoms with Crippen molar-refractivity contribution < 1.29 is 23.4 Å². The van der Waals surface area contributed by atoms with E-state index < -0.39 is 0 Å². The number of methoxy groups -OCH3 is 3. The molecule has 0 bridgehead atoms. The van der Waals surface area contributed by atoms with Crippen molar-refractivity contribution in [1.29, 1.82) is 0 Å². The van der Waals surface area contributed by atoms with E-state index in [2.05, 4.69) is 4.90 Å². The van der Waals surface area contributed by atoms with E-state index in [4.69, 9.17) is 23.4 Å². The fourth-order valence-corrected chi connectivity index (χ4v) is 4.54. The zero-order valence-electron chi connectivity index (χ0n) is 20.2. The summed E-state index contributed by atoms with van der Waals surface area (Å²) >= 11 is 0. The van der Waals surface area contributed by atoms with E-state index in [1.54, 1.807) is 39.5 Å². The maximum atomic E-state index is 13.6. The summed E-state index contributed by atoms with van der Waals surface area (Å²) in [5.41, 5.74) is 3.71. The minimum Gasteiger partial charge on any atom is -0.497 e. The number of fused-ring (bicyclic) bond motifs is 3. The lowest BCUT2D eigenvalue weighted by Gasteiger charge is -2.29. The SMILES string of the molecule is COc1ccc(CN2COc3ccc4c(=O)c(-c5ccc(OC)c(OC)c5)c(C)oc4c3C2)cc1. The third kappa shape index (κ3) is 4.19. The highest BCUT2D eigenvalue weighted by molar-refractivity contribution is 5.87. The van der Waals surface area contributed by atoms with Crippen molar-refractivity contribution in [2.75, 3.05) is 28.1 Å². The number of aryl methyl sites for hydroxylation is 1. The lowest BCUT2D eigenvalue weighted by molar-refractivity contribution is 0.0890. The number of benzene rings is 3. The molecule has 0 saturated heterocycles. The molecule has 0 amide bonds. The van der Waals surface area contributed by atoms with E-state index >= 15 is 0 Å². The Bertz CT molecular complexity index is 1440. The Morgan fingerprint density at radius 3 is 2.40 bits per heavy atom. The van der Waals surface area contributed by atoms with E-state index in [1.807, 2.05) is 43.3 Å². The fourth-order valence-electron chi connectivity index (χ4n) is 4.54. The number of hydrogen-bond acceptors (Lipinski definition) is 7. The first kappa shape index (κ1) is 22.8. The monoisotopic (exact) mass is 473 g/mol. The van der Waals surface area contributed by atoms with Gasteiger partial charge in [0.05, 0.1) is 37.8 Å². The van der Waals surface area contributed by atoms with Crippen molar-refractivity contribution in [2.24, 2.45) is 0 Å².